The first-order valence-corrected chi connectivity index (χ1v) is 10.1. The van der Waals surface area contributed by atoms with E-state index in [9.17, 15) is 9.59 Å². The molecule has 0 aliphatic heterocycles. The molecule has 4 rings (SSSR count). The Kier molecular flexibility index (Phi) is 4.92. The number of para-hydroxylation sites is 2. The van der Waals surface area contributed by atoms with E-state index in [-0.39, 0.29) is 17.2 Å². The van der Waals surface area contributed by atoms with Crippen LogP contribution in [-0.4, -0.2) is 26.2 Å². The zero-order chi connectivity index (χ0) is 19.7. The number of nitrogens with one attached hydrogen (secondary N) is 2. The van der Waals surface area contributed by atoms with Gasteiger partial charge in [0, 0.05) is 23.1 Å². The number of aryl methyl sites for hydroxylation is 1. The fourth-order valence-corrected chi connectivity index (χ4v) is 4.05. The zero-order valence-electron chi connectivity index (χ0n) is 15.7. The third-order valence-corrected chi connectivity index (χ3v) is 5.62. The van der Waals surface area contributed by atoms with Crippen LogP contribution in [0.4, 0.5) is 5.69 Å². The summed E-state index contributed by atoms with van der Waals surface area (Å²) in [4.78, 5) is 33.2. The molecular weight excluding hydrogens is 372 g/mol. The number of aromatic amines is 1. The van der Waals surface area contributed by atoms with Gasteiger partial charge in [-0.05, 0) is 31.5 Å². The molecule has 2 heterocycles. The molecule has 2 N–H and O–H groups in total. The van der Waals surface area contributed by atoms with Crippen LogP contribution < -0.4 is 10.9 Å². The second-order valence-electron chi connectivity index (χ2n) is 6.49. The molecule has 7 heteroatoms. The average Bonchev–Trinajstić information content (AvgIpc) is 3.07. The molecule has 1 amide bonds. The lowest BCUT2D eigenvalue weighted by Crippen LogP contribution is -2.23. The second kappa shape index (κ2) is 7.52. The normalized spacial score (nSPS) is 11.2. The Morgan fingerprint density at radius 2 is 1.93 bits per heavy atom. The number of amides is 1. The molecule has 0 aliphatic carbocycles. The predicted octanol–water partition coefficient (Wildman–Crippen LogP) is 3.94. The number of rotatable bonds is 5. The number of hydrogen-bond acceptors (Lipinski definition) is 4. The van der Waals surface area contributed by atoms with Crippen LogP contribution in [0.15, 0.2) is 58.5 Å². The number of H-pyrrole nitrogens is 1. The number of nitrogens with zero attached hydrogens (tertiary/aromatic N) is 2. The molecule has 0 spiro atoms. The van der Waals surface area contributed by atoms with Gasteiger partial charge in [0.25, 0.3) is 5.56 Å². The van der Waals surface area contributed by atoms with Crippen LogP contribution in [0.2, 0.25) is 0 Å². The molecular formula is C21H20N4O2S. The van der Waals surface area contributed by atoms with E-state index >= 15 is 0 Å². The average molecular weight is 392 g/mol. The van der Waals surface area contributed by atoms with E-state index in [1.54, 1.807) is 4.57 Å². The maximum atomic E-state index is 12.9. The minimum absolute atomic E-state index is 0.120. The number of benzene rings is 2. The third kappa shape index (κ3) is 3.29. The fraction of sp³-hybridized carbons (Fsp3) is 0.190. The summed E-state index contributed by atoms with van der Waals surface area (Å²) < 4.78 is 1.60. The number of thioether (sulfide) groups is 1. The van der Waals surface area contributed by atoms with Crippen LogP contribution in [-0.2, 0) is 11.3 Å². The first kappa shape index (κ1) is 18.3. The fourth-order valence-electron chi connectivity index (χ4n) is 3.19. The van der Waals surface area contributed by atoms with Gasteiger partial charge in [0.05, 0.1) is 5.75 Å². The molecule has 2 aromatic heterocycles. The van der Waals surface area contributed by atoms with Crippen LogP contribution in [0, 0.1) is 6.92 Å². The smallest absolute Gasteiger partial charge is 0.278 e. The van der Waals surface area contributed by atoms with Gasteiger partial charge < -0.3 is 10.3 Å². The van der Waals surface area contributed by atoms with Crippen LogP contribution >= 0.6 is 11.8 Å². The summed E-state index contributed by atoms with van der Waals surface area (Å²) in [5.41, 5.74) is 3.70. The number of aromatic nitrogens is 3. The Balaban J connectivity index is 1.64. The van der Waals surface area contributed by atoms with Gasteiger partial charge in [-0.25, -0.2) is 4.98 Å². The van der Waals surface area contributed by atoms with Crippen molar-refractivity contribution < 1.29 is 4.79 Å². The van der Waals surface area contributed by atoms with Crippen molar-refractivity contribution in [3.63, 3.8) is 0 Å². The van der Waals surface area contributed by atoms with Crippen molar-refractivity contribution in [2.45, 2.75) is 25.5 Å². The largest absolute Gasteiger partial charge is 0.349 e. The molecule has 4 aromatic rings. The van der Waals surface area contributed by atoms with E-state index in [1.807, 2.05) is 62.4 Å². The summed E-state index contributed by atoms with van der Waals surface area (Å²) >= 11 is 1.27. The van der Waals surface area contributed by atoms with E-state index in [0.717, 1.165) is 22.2 Å². The van der Waals surface area contributed by atoms with Crippen LogP contribution in [0.1, 0.15) is 12.5 Å². The molecule has 0 fully saturated rings. The maximum absolute atomic E-state index is 12.9. The van der Waals surface area contributed by atoms with Gasteiger partial charge in [-0.1, -0.05) is 48.2 Å². The number of carbonyl (C=O) groups is 1. The summed E-state index contributed by atoms with van der Waals surface area (Å²) in [6.07, 6.45) is 0. The molecule has 2 aromatic carbocycles. The number of hydrogen-bond donors (Lipinski definition) is 2. The van der Waals surface area contributed by atoms with Gasteiger partial charge in [0.2, 0.25) is 5.91 Å². The van der Waals surface area contributed by atoms with E-state index in [1.165, 1.54) is 11.8 Å². The minimum atomic E-state index is -0.129. The van der Waals surface area contributed by atoms with Gasteiger partial charge in [0.15, 0.2) is 5.16 Å². The highest BCUT2D eigenvalue weighted by Gasteiger charge is 2.16. The van der Waals surface area contributed by atoms with Crippen LogP contribution in [0.5, 0.6) is 0 Å². The van der Waals surface area contributed by atoms with E-state index < -0.39 is 0 Å². The predicted molar refractivity (Wildman–Crippen MR) is 114 cm³/mol. The Morgan fingerprint density at radius 3 is 2.71 bits per heavy atom. The Bertz CT molecular complexity index is 1240. The lowest BCUT2D eigenvalue weighted by molar-refractivity contribution is -0.113. The molecule has 0 unspecified atom stereocenters. The molecule has 0 atom stereocenters. The van der Waals surface area contributed by atoms with Crippen molar-refractivity contribution in [3.8, 4) is 0 Å². The van der Waals surface area contributed by atoms with Gasteiger partial charge in [-0.2, -0.15) is 0 Å². The molecule has 0 saturated carbocycles. The van der Waals surface area contributed by atoms with Crippen molar-refractivity contribution >= 4 is 45.3 Å². The first-order chi connectivity index (χ1) is 13.6. The number of fused-ring (bicyclic) bond motifs is 3. The van der Waals surface area contributed by atoms with Gasteiger partial charge >= 0.3 is 0 Å². The van der Waals surface area contributed by atoms with Gasteiger partial charge in [-0.15, -0.1) is 0 Å². The summed E-state index contributed by atoms with van der Waals surface area (Å²) in [5.74, 6) is 0.0458. The standard InChI is InChI=1S/C21H20N4O2S/c1-3-25-20(27)19-18(14-9-5-7-11-16(14)23-19)24-21(25)28-12-17(26)22-15-10-6-4-8-13(15)2/h4-11,23H,3,12H2,1-2H3,(H,22,26). The van der Waals surface area contributed by atoms with Gasteiger partial charge in [0.1, 0.15) is 11.0 Å². The SMILES string of the molecule is CCn1c(SCC(=O)Nc2ccccc2C)nc2c([nH]c3ccccc32)c1=O. The molecule has 0 radical (unpaired) electrons. The minimum Gasteiger partial charge on any atom is -0.349 e. The molecule has 6 nitrogen and oxygen atoms in total. The first-order valence-electron chi connectivity index (χ1n) is 9.08. The van der Waals surface area contributed by atoms with Crippen LogP contribution in [0.3, 0.4) is 0 Å². The molecule has 28 heavy (non-hydrogen) atoms. The summed E-state index contributed by atoms with van der Waals surface area (Å²) in [6.45, 7) is 4.33. The van der Waals surface area contributed by atoms with Crippen molar-refractivity contribution in [2.75, 3.05) is 11.1 Å². The quantitative estimate of drug-likeness (QED) is 0.398. The monoisotopic (exact) mass is 392 g/mol. The molecule has 0 aliphatic rings. The highest BCUT2D eigenvalue weighted by molar-refractivity contribution is 7.99. The molecule has 0 bridgehead atoms. The second-order valence-corrected chi connectivity index (χ2v) is 7.43. The lowest BCUT2D eigenvalue weighted by Gasteiger charge is -2.11. The highest BCUT2D eigenvalue weighted by atomic mass is 32.2. The Hall–Kier alpha value is -3.06. The van der Waals surface area contributed by atoms with Gasteiger partial charge in [-0.3, -0.25) is 14.2 Å². The van der Waals surface area contributed by atoms with Crippen molar-refractivity contribution in [1.82, 2.24) is 14.5 Å². The number of anilines is 1. The lowest BCUT2D eigenvalue weighted by atomic mass is 10.2. The van der Waals surface area contributed by atoms with Crippen molar-refractivity contribution in [3.05, 3.63) is 64.4 Å². The summed E-state index contributed by atoms with van der Waals surface area (Å²) in [6, 6.07) is 15.3. The molecule has 142 valence electrons. The zero-order valence-corrected chi connectivity index (χ0v) is 16.5. The Morgan fingerprint density at radius 1 is 1.18 bits per heavy atom. The highest BCUT2D eigenvalue weighted by Crippen LogP contribution is 2.24. The van der Waals surface area contributed by atoms with Crippen molar-refractivity contribution in [2.24, 2.45) is 0 Å². The van der Waals surface area contributed by atoms with E-state index in [2.05, 4.69) is 10.3 Å². The summed E-state index contributed by atoms with van der Waals surface area (Å²) in [5, 5.41) is 4.37. The number of carbonyl (C=O) groups excluding carboxylic acids is 1. The molecule has 0 saturated heterocycles. The van der Waals surface area contributed by atoms with Crippen molar-refractivity contribution in [1.29, 1.82) is 0 Å². The van der Waals surface area contributed by atoms with E-state index in [0.29, 0.717) is 22.7 Å². The Labute approximate surface area is 166 Å². The topological polar surface area (TPSA) is 79.8 Å². The third-order valence-electron chi connectivity index (χ3n) is 4.64. The summed E-state index contributed by atoms with van der Waals surface area (Å²) in [7, 11) is 0. The maximum Gasteiger partial charge on any atom is 0.278 e. The van der Waals surface area contributed by atoms with Crippen LogP contribution in [0.25, 0.3) is 21.9 Å². The van der Waals surface area contributed by atoms with E-state index in [4.69, 9.17) is 4.98 Å².